The van der Waals surface area contributed by atoms with E-state index in [0.717, 1.165) is 5.56 Å². The van der Waals surface area contributed by atoms with Crippen LogP contribution in [0.5, 0.6) is 11.5 Å². The molecule has 0 aliphatic carbocycles. The van der Waals surface area contributed by atoms with Gasteiger partial charge in [0, 0.05) is 25.6 Å². The zero-order valence-electron chi connectivity index (χ0n) is 22.1. The molecule has 1 aliphatic heterocycles. The summed E-state index contributed by atoms with van der Waals surface area (Å²) < 4.78 is 32.7. The second-order valence-electron chi connectivity index (χ2n) is 9.75. The van der Waals surface area contributed by atoms with Gasteiger partial charge in [0.05, 0.1) is 29.9 Å². The summed E-state index contributed by atoms with van der Waals surface area (Å²) >= 11 is 6.43. The van der Waals surface area contributed by atoms with Crippen LogP contribution < -0.4 is 14.8 Å². The van der Waals surface area contributed by atoms with Gasteiger partial charge in [0.15, 0.2) is 17.8 Å². The Bertz CT molecular complexity index is 1120. The Labute approximate surface area is 227 Å². The summed E-state index contributed by atoms with van der Waals surface area (Å²) in [4.78, 5) is 24.7. The number of carbonyl (C=O) groups excluding carboxylic acids is 2. The zero-order valence-corrected chi connectivity index (χ0v) is 22.9. The van der Waals surface area contributed by atoms with E-state index in [4.69, 9.17) is 40.0 Å². The number of carbonyl (C=O) groups is 2. The number of nitrogens with one attached hydrogen (secondary N) is 1. The molecule has 0 radical (unpaired) electrons. The summed E-state index contributed by atoms with van der Waals surface area (Å²) in [6.45, 7) is 5.42. The van der Waals surface area contributed by atoms with Gasteiger partial charge >= 0.3 is 12.1 Å². The lowest BCUT2D eigenvalue weighted by molar-refractivity contribution is -0.210. The van der Waals surface area contributed by atoms with Gasteiger partial charge in [-0.3, -0.25) is 5.32 Å². The number of halogens is 1. The van der Waals surface area contributed by atoms with Crippen molar-refractivity contribution in [2.24, 2.45) is 0 Å². The molecule has 2 aromatic carbocycles. The SMILES string of the molecule is COc1cc(C(=O)OC[C@@H]2C[C@H](O)C[C@@H](OC)O2)cc(Cl)c1OCc1cccc(NC(=O)OC(C)(C)C)c1. The minimum absolute atomic E-state index is 0.0540. The predicted molar refractivity (Wildman–Crippen MR) is 140 cm³/mol. The highest BCUT2D eigenvalue weighted by atomic mass is 35.5. The van der Waals surface area contributed by atoms with E-state index in [9.17, 15) is 14.7 Å². The molecule has 1 saturated heterocycles. The topological polar surface area (TPSA) is 122 Å². The molecule has 2 aromatic rings. The van der Waals surface area contributed by atoms with Crippen LogP contribution in [0.2, 0.25) is 5.02 Å². The molecule has 0 saturated carbocycles. The number of benzene rings is 2. The second-order valence-corrected chi connectivity index (χ2v) is 10.2. The van der Waals surface area contributed by atoms with Crippen molar-refractivity contribution in [3.05, 3.63) is 52.5 Å². The average molecular weight is 552 g/mol. The highest BCUT2D eigenvalue weighted by Gasteiger charge is 2.29. The molecule has 10 nitrogen and oxygen atoms in total. The third-order valence-electron chi connectivity index (χ3n) is 5.43. The van der Waals surface area contributed by atoms with E-state index in [0.29, 0.717) is 18.5 Å². The first-order chi connectivity index (χ1) is 18.0. The smallest absolute Gasteiger partial charge is 0.412 e. The van der Waals surface area contributed by atoms with Gasteiger partial charge in [0.25, 0.3) is 0 Å². The summed E-state index contributed by atoms with van der Waals surface area (Å²) in [5.74, 6) is -0.135. The number of methoxy groups -OCH3 is 2. The predicted octanol–water partition coefficient (Wildman–Crippen LogP) is 4.94. The van der Waals surface area contributed by atoms with E-state index in [1.165, 1.54) is 26.4 Å². The minimum atomic E-state index is -0.629. The lowest BCUT2D eigenvalue weighted by Crippen LogP contribution is -2.39. The van der Waals surface area contributed by atoms with Crippen molar-refractivity contribution in [2.45, 2.75) is 64.3 Å². The normalized spacial score (nSPS) is 19.4. The number of aliphatic hydroxyl groups is 1. The van der Waals surface area contributed by atoms with Crippen molar-refractivity contribution in [3.63, 3.8) is 0 Å². The Balaban J connectivity index is 1.62. The molecule has 0 spiro atoms. The minimum Gasteiger partial charge on any atom is -0.493 e. The van der Waals surface area contributed by atoms with Crippen LogP contribution >= 0.6 is 11.6 Å². The van der Waals surface area contributed by atoms with Crippen molar-refractivity contribution in [1.82, 2.24) is 0 Å². The third-order valence-corrected chi connectivity index (χ3v) is 5.71. The highest BCUT2D eigenvalue weighted by Crippen LogP contribution is 2.37. The molecule has 1 aliphatic rings. The largest absolute Gasteiger partial charge is 0.493 e. The summed E-state index contributed by atoms with van der Waals surface area (Å²) in [5, 5.41) is 12.8. The summed E-state index contributed by atoms with van der Waals surface area (Å²) in [5.41, 5.74) is 0.852. The quantitative estimate of drug-likeness (QED) is 0.417. The van der Waals surface area contributed by atoms with Crippen molar-refractivity contribution in [1.29, 1.82) is 0 Å². The fourth-order valence-corrected chi connectivity index (χ4v) is 4.02. The molecule has 0 unspecified atom stereocenters. The van der Waals surface area contributed by atoms with E-state index >= 15 is 0 Å². The molecular weight excluding hydrogens is 518 g/mol. The summed E-state index contributed by atoms with van der Waals surface area (Å²) in [7, 11) is 2.92. The van der Waals surface area contributed by atoms with Gasteiger partial charge in [-0.05, 0) is 50.6 Å². The first-order valence-electron chi connectivity index (χ1n) is 12.1. The van der Waals surface area contributed by atoms with Crippen LogP contribution in [0.4, 0.5) is 10.5 Å². The standard InChI is InChI=1S/C27H34ClNO9/c1-27(2,3)38-26(32)29-18-8-6-7-16(9-18)14-35-24-21(28)10-17(11-22(24)33-4)25(31)36-15-20-12-19(30)13-23(34-5)37-20/h6-11,19-20,23,30H,12-15H2,1-5H3,(H,29,32)/t19-,20-,23-/m0/s1. The Morgan fingerprint density at radius 2 is 1.92 bits per heavy atom. The first-order valence-corrected chi connectivity index (χ1v) is 12.5. The van der Waals surface area contributed by atoms with Gasteiger partial charge in [0.1, 0.15) is 18.8 Å². The van der Waals surface area contributed by atoms with Gasteiger partial charge in [-0.15, -0.1) is 0 Å². The molecule has 1 amide bonds. The van der Waals surface area contributed by atoms with Crippen LogP contribution in [-0.4, -0.2) is 62.1 Å². The van der Waals surface area contributed by atoms with Crippen molar-refractivity contribution < 1.29 is 43.1 Å². The molecule has 0 aromatic heterocycles. The second kappa shape index (κ2) is 13.1. The first kappa shape index (κ1) is 29.5. The van der Waals surface area contributed by atoms with Crippen LogP contribution in [0, 0.1) is 0 Å². The molecule has 0 bridgehead atoms. The molecule has 3 atom stereocenters. The number of ether oxygens (including phenoxy) is 6. The lowest BCUT2D eigenvalue weighted by Gasteiger charge is -2.31. The fraction of sp³-hybridized carbons (Fsp3) is 0.481. The van der Waals surface area contributed by atoms with E-state index in [-0.39, 0.29) is 35.3 Å². The van der Waals surface area contributed by atoms with Crippen LogP contribution in [0.25, 0.3) is 0 Å². The number of esters is 1. The average Bonchev–Trinajstić information content (AvgIpc) is 2.84. The van der Waals surface area contributed by atoms with Crippen LogP contribution in [0.15, 0.2) is 36.4 Å². The van der Waals surface area contributed by atoms with Gasteiger partial charge < -0.3 is 33.5 Å². The number of hydrogen-bond donors (Lipinski definition) is 2. The maximum absolute atomic E-state index is 12.7. The van der Waals surface area contributed by atoms with E-state index in [1.807, 2.05) is 6.07 Å². The maximum atomic E-state index is 12.7. The number of amides is 1. The van der Waals surface area contributed by atoms with Gasteiger partial charge in [0.2, 0.25) is 0 Å². The molecule has 11 heteroatoms. The van der Waals surface area contributed by atoms with E-state index in [1.54, 1.807) is 39.0 Å². The Kier molecular flexibility index (Phi) is 10.2. The molecule has 38 heavy (non-hydrogen) atoms. The van der Waals surface area contributed by atoms with Gasteiger partial charge in [-0.25, -0.2) is 9.59 Å². The molecule has 1 heterocycles. The summed E-state index contributed by atoms with van der Waals surface area (Å²) in [6.07, 6.45) is -1.52. The van der Waals surface area contributed by atoms with Crippen LogP contribution in [-0.2, 0) is 25.6 Å². The molecule has 2 N–H and O–H groups in total. The number of hydrogen-bond acceptors (Lipinski definition) is 9. The molecular formula is C27H34ClNO9. The van der Waals surface area contributed by atoms with Crippen molar-refractivity contribution >= 4 is 29.4 Å². The van der Waals surface area contributed by atoms with E-state index in [2.05, 4.69) is 5.32 Å². The number of rotatable bonds is 9. The van der Waals surface area contributed by atoms with Gasteiger partial charge in [-0.2, -0.15) is 0 Å². The van der Waals surface area contributed by atoms with Crippen molar-refractivity contribution in [3.8, 4) is 11.5 Å². The van der Waals surface area contributed by atoms with Gasteiger partial charge in [-0.1, -0.05) is 23.7 Å². The Morgan fingerprint density at radius 1 is 1.16 bits per heavy atom. The monoisotopic (exact) mass is 551 g/mol. The van der Waals surface area contributed by atoms with Crippen LogP contribution in [0.3, 0.4) is 0 Å². The number of aliphatic hydroxyl groups excluding tert-OH is 1. The fourth-order valence-electron chi connectivity index (χ4n) is 3.75. The van der Waals surface area contributed by atoms with E-state index < -0.39 is 36.2 Å². The Morgan fingerprint density at radius 3 is 2.61 bits per heavy atom. The van der Waals surface area contributed by atoms with Crippen molar-refractivity contribution in [2.75, 3.05) is 26.1 Å². The Hall–Kier alpha value is -3.05. The summed E-state index contributed by atoms with van der Waals surface area (Å²) in [6, 6.07) is 9.97. The maximum Gasteiger partial charge on any atom is 0.412 e. The number of anilines is 1. The zero-order chi connectivity index (χ0) is 27.9. The highest BCUT2D eigenvalue weighted by molar-refractivity contribution is 6.32. The van der Waals surface area contributed by atoms with Crippen LogP contribution in [0.1, 0.15) is 49.5 Å². The molecule has 208 valence electrons. The lowest BCUT2D eigenvalue weighted by atomic mass is 10.1. The molecule has 3 rings (SSSR count). The third kappa shape index (κ3) is 8.76. The molecule has 1 fully saturated rings.